The number of ether oxygens (including phenoxy) is 2. The molecule has 0 saturated carbocycles. The lowest BCUT2D eigenvalue weighted by molar-refractivity contribution is -0.127. The third-order valence-corrected chi connectivity index (χ3v) is 3.33. The fraction of sp³-hybridized carbons (Fsp3) is 0.562. The van der Waals surface area contributed by atoms with E-state index >= 15 is 0 Å². The second-order valence-electron chi connectivity index (χ2n) is 4.83. The van der Waals surface area contributed by atoms with Crippen LogP contribution in [0, 0.1) is 0 Å². The molecule has 0 aromatic heterocycles. The van der Waals surface area contributed by atoms with Gasteiger partial charge in [-0.25, -0.2) is 0 Å². The number of amides is 1. The van der Waals surface area contributed by atoms with Gasteiger partial charge < -0.3 is 20.1 Å². The van der Waals surface area contributed by atoms with E-state index in [1.54, 1.807) is 14.0 Å². The van der Waals surface area contributed by atoms with Gasteiger partial charge in [-0.1, -0.05) is 25.1 Å². The summed E-state index contributed by atoms with van der Waals surface area (Å²) in [5, 5.41) is 6.03. The van der Waals surface area contributed by atoms with E-state index in [1.165, 1.54) is 0 Å². The number of hydrogen-bond acceptors (Lipinski definition) is 4. The largest absolute Gasteiger partial charge is 0.481 e. The summed E-state index contributed by atoms with van der Waals surface area (Å²) >= 11 is 0. The Balaban J connectivity index is 2.71. The molecule has 2 atom stereocenters. The number of nitrogens with one attached hydrogen (secondary N) is 2. The van der Waals surface area contributed by atoms with Crippen molar-refractivity contribution in [3.63, 3.8) is 0 Å². The van der Waals surface area contributed by atoms with Gasteiger partial charge in [-0.15, -0.1) is 0 Å². The predicted octanol–water partition coefficient (Wildman–Crippen LogP) is 1.89. The highest BCUT2D eigenvalue weighted by Crippen LogP contribution is 2.27. The Morgan fingerprint density at radius 1 is 1.33 bits per heavy atom. The van der Waals surface area contributed by atoms with Crippen molar-refractivity contribution in [2.45, 2.75) is 32.4 Å². The molecular formula is C16H26N2O3. The number of rotatable bonds is 9. The summed E-state index contributed by atoms with van der Waals surface area (Å²) in [6.45, 7) is 4.84. The summed E-state index contributed by atoms with van der Waals surface area (Å²) in [6, 6.07) is 8.02. The van der Waals surface area contributed by atoms with Crippen LogP contribution in [-0.2, 0) is 9.53 Å². The van der Waals surface area contributed by atoms with Crippen molar-refractivity contribution in [3.8, 4) is 5.75 Å². The molecule has 1 rings (SSSR count). The van der Waals surface area contributed by atoms with Crippen molar-refractivity contribution < 1.29 is 14.3 Å². The van der Waals surface area contributed by atoms with Gasteiger partial charge in [-0.05, 0) is 26.5 Å². The molecule has 5 heteroatoms. The molecule has 21 heavy (non-hydrogen) atoms. The van der Waals surface area contributed by atoms with E-state index in [9.17, 15) is 4.79 Å². The zero-order valence-electron chi connectivity index (χ0n) is 13.3. The van der Waals surface area contributed by atoms with Crippen molar-refractivity contribution in [3.05, 3.63) is 29.8 Å². The molecule has 0 heterocycles. The van der Waals surface area contributed by atoms with Gasteiger partial charge in [0.2, 0.25) is 0 Å². The maximum absolute atomic E-state index is 11.9. The molecule has 1 aromatic rings. The lowest BCUT2D eigenvalue weighted by Gasteiger charge is -2.21. The van der Waals surface area contributed by atoms with Gasteiger partial charge in [0.05, 0.1) is 6.61 Å². The van der Waals surface area contributed by atoms with Gasteiger partial charge in [0.1, 0.15) is 5.75 Å². The third-order valence-electron chi connectivity index (χ3n) is 3.33. The Morgan fingerprint density at radius 2 is 2.05 bits per heavy atom. The van der Waals surface area contributed by atoms with Crippen LogP contribution < -0.4 is 15.4 Å². The van der Waals surface area contributed by atoms with Crippen molar-refractivity contribution in [1.82, 2.24) is 10.6 Å². The van der Waals surface area contributed by atoms with Crippen LogP contribution in [0.25, 0.3) is 0 Å². The van der Waals surface area contributed by atoms with Crippen molar-refractivity contribution in [2.75, 3.05) is 27.3 Å². The lowest BCUT2D eigenvalue weighted by Crippen LogP contribution is -2.38. The summed E-state index contributed by atoms with van der Waals surface area (Å²) < 4.78 is 10.7. The number of hydrogen-bond donors (Lipinski definition) is 2. The molecule has 0 saturated heterocycles. The molecule has 118 valence electrons. The van der Waals surface area contributed by atoms with E-state index < -0.39 is 6.10 Å². The second kappa shape index (κ2) is 9.37. The van der Waals surface area contributed by atoms with E-state index in [4.69, 9.17) is 9.47 Å². The average Bonchev–Trinajstić information content (AvgIpc) is 2.50. The van der Waals surface area contributed by atoms with Crippen LogP contribution in [0.5, 0.6) is 5.75 Å². The third kappa shape index (κ3) is 5.36. The smallest absolute Gasteiger partial charge is 0.260 e. The first-order valence-corrected chi connectivity index (χ1v) is 7.33. The predicted molar refractivity (Wildman–Crippen MR) is 83.5 cm³/mol. The molecule has 0 aliphatic heterocycles. The van der Waals surface area contributed by atoms with Crippen LogP contribution >= 0.6 is 0 Å². The van der Waals surface area contributed by atoms with Gasteiger partial charge >= 0.3 is 0 Å². The lowest BCUT2D eigenvalue weighted by atomic mass is 10.0. The van der Waals surface area contributed by atoms with E-state index in [1.807, 2.05) is 31.3 Å². The standard InChI is InChI=1S/C16H26N2O3/c1-5-14(17-3)13-8-6-7-9-15(13)21-12(2)16(19)18-10-11-20-4/h6-9,12,14,17H,5,10-11H2,1-4H3,(H,18,19). The molecule has 0 radical (unpaired) electrons. The summed E-state index contributed by atoms with van der Waals surface area (Å²) in [4.78, 5) is 11.9. The van der Waals surface area contributed by atoms with Crippen molar-refractivity contribution in [2.24, 2.45) is 0 Å². The Morgan fingerprint density at radius 3 is 2.67 bits per heavy atom. The van der Waals surface area contributed by atoms with Gasteiger partial charge in [0.25, 0.3) is 5.91 Å². The van der Waals surface area contributed by atoms with Gasteiger partial charge in [-0.3, -0.25) is 4.79 Å². The Kier molecular flexibility index (Phi) is 7.79. The first kappa shape index (κ1) is 17.5. The number of carbonyl (C=O) groups is 1. The SMILES string of the molecule is CCC(NC)c1ccccc1OC(C)C(=O)NCCOC. The molecule has 1 aromatic carbocycles. The number of methoxy groups -OCH3 is 1. The van der Waals surface area contributed by atoms with Gasteiger partial charge in [0, 0.05) is 25.3 Å². The second-order valence-corrected chi connectivity index (χ2v) is 4.83. The van der Waals surface area contributed by atoms with E-state index in [2.05, 4.69) is 17.6 Å². The molecular weight excluding hydrogens is 268 g/mol. The monoisotopic (exact) mass is 294 g/mol. The van der Waals surface area contributed by atoms with Crippen LogP contribution in [0.15, 0.2) is 24.3 Å². The molecule has 1 amide bonds. The van der Waals surface area contributed by atoms with E-state index in [-0.39, 0.29) is 11.9 Å². The first-order valence-electron chi connectivity index (χ1n) is 7.33. The quantitative estimate of drug-likeness (QED) is 0.683. The highest BCUT2D eigenvalue weighted by molar-refractivity contribution is 5.80. The first-order chi connectivity index (χ1) is 10.1. The average molecular weight is 294 g/mol. The highest BCUT2D eigenvalue weighted by Gasteiger charge is 2.18. The Bertz CT molecular complexity index is 433. The molecule has 0 spiro atoms. The zero-order valence-corrected chi connectivity index (χ0v) is 13.3. The number of carbonyl (C=O) groups excluding carboxylic acids is 1. The molecule has 0 fully saturated rings. The van der Waals surface area contributed by atoms with Crippen LogP contribution in [-0.4, -0.2) is 39.3 Å². The molecule has 2 N–H and O–H groups in total. The number of benzene rings is 1. The summed E-state index contributed by atoms with van der Waals surface area (Å²) in [7, 11) is 3.52. The molecule has 0 aliphatic rings. The van der Waals surface area contributed by atoms with Crippen molar-refractivity contribution in [1.29, 1.82) is 0 Å². The Labute approximate surface area is 127 Å². The minimum atomic E-state index is -0.544. The fourth-order valence-electron chi connectivity index (χ4n) is 2.12. The Hall–Kier alpha value is -1.59. The topological polar surface area (TPSA) is 59.6 Å². The number of para-hydroxylation sites is 1. The maximum Gasteiger partial charge on any atom is 0.260 e. The summed E-state index contributed by atoms with van der Waals surface area (Å²) in [5.41, 5.74) is 1.07. The maximum atomic E-state index is 11.9. The van der Waals surface area contributed by atoms with Crippen LogP contribution in [0.4, 0.5) is 0 Å². The zero-order chi connectivity index (χ0) is 15.7. The molecule has 2 unspecified atom stereocenters. The van der Waals surface area contributed by atoms with Crippen LogP contribution in [0.3, 0.4) is 0 Å². The fourth-order valence-corrected chi connectivity index (χ4v) is 2.12. The van der Waals surface area contributed by atoms with Gasteiger partial charge in [-0.2, -0.15) is 0 Å². The van der Waals surface area contributed by atoms with Crippen molar-refractivity contribution >= 4 is 5.91 Å². The minimum Gasteiger partial charge on any atom is -0.481 e. The minimum absolute atomic E-state index is 0.139. The molecule has 0 bridgehead atoms. The molecule has 0 aliphatic carbocycles. The van der Waals surface area contributed by atoms with Gasteiger partial charge in [0.15, 0.2) is 6.10 Å². The van der Waals surface area contributed by atoms with Crippen LogP contribution in [0.1, 0.15) is 31.9 Å². The van der Waals surface area contributed by atoms with E-state index in [0.717, 1.165) is 17.7 Å². The molecule has 5 nitrogen and oxygen atoms in total. The van der Waals surface area contributed by atoms with Crippen LogP contribution in [0.2, 0.25) is 0 Å². The normalized spacial score (nSPS) is 13.5. The summed E-state index contributed by atoms with van der Waals surface area (Å²) in [5.74, 6) is 0.604. The highest BCUT2D eigenvalue weighted by atomic mass is 16.5. The van der Waals surface area contributed by atoms with E-state index in [0.29, 0.717) is 13.2 Å². The summed E-state index contributed by atoms with van der Waals surface area (Å²) in [6.07, 6.45) is 0.406.